The van der Waals surface area contributed by atoms with Crippen LogP contribution in [0, 0.1) is 6.92 Å². The van der Waals surface area contributed by atoms with E-state index in [-0.39, 0.29) is 5.91 Å². The Morgan fingerprint density at radius 3 is 2.40 bits per heavy atom. The van der Waals surface area contributed by atoms with Crippen LogP contribution in [0.3, 0.4) is 0 Å². The summed E-state index contributed by atoms with van der Waals surface area (Å²) in [5, 5.41) is 4.82. The van der Waals surface area contributed by atoms with Gasteiger partial charge < -0.3 is 4.90 Å². The molecule has 0 saturated carbocycles. The Balaban J connectivity index is 1.80. The average Bonchev–Trinajstić information content (AvgIpc) is 3.24. The van der Waals surface area contributed by atoms with Crippen LogP contribution >= 0.6 is 11.6 Å². The quantitative estimate of drug-likeness (QED) is 0.724. The van der Waals surface area contributed by atoms with Gasteiger partial charge in [0.05, 0.1) is 6.54 Å². The van der Waals surface area contributed by atoms with E-state index in [1.807, 2.05) is 55.5 Å². The first-order chi connectivity index (χ1) is 12.1. The molecule has 1 aromatic heterocycles. The minimum atomic E-state index is -0.0979. The molecular weight excluding hydrogens is 336 g/mol. The molecule has 2 aromatic carbocycles. The highest BCUT2D eigenvalue weighted by molar-refractivity contribution is 6.32. The standard InChI is InChI=1S/C19H15ClN4O/c1-13-2-8-16(9-3-13)23-10-17(14-4-6-15(20)7-5-14)18(19(23)25)24-12-21-11-22-24/h2-9,11-12H,10H2,1H3. The van der Waals surface area contributed by atoms with E-state index in [1.165, 1.54) is 11.0 Å². The second kappa shape index (κ2) is 6.18. The molecule has 0 N–H and O–H groups in total. The molecule has 2 heterocycles. The van der Waals surface area contributed by atoms with Crippen molar-refractivity contribution in [2.24, 2.45) is 0 Å². The molecule has 5 nitrogen and oxygen atoms in total. The fourth-order valence-corrected chi connectivity index (χ4v) is 3.06. The van der Waals surface area contributed by atoms with Crippen LogP contribution in [0.2, 0.25) is 5.02 Å². The molecule has 0 bridgehead atoms. The number of aryl methyl sites for hydroxylation is 1. The van der Waals surface area contributed by atoms with Crippen molar-refractivity contribution in [2.75, 3.05) is 11.4 Å². The summed E-state index contributed by atoms with van der Waals surface area (Å²) in [7, 11) is 0. The maximum atomic E-state index is 13.1. The number of halogens is 1. The highest BCUT2D eigenvalue weighted by atomic mass is 35.5. The number of nitrogens with zero attached hydrogens (tertiary/aromatic N) is 4. The summed E-state index contributed by atoms with van der Waals surface area (Å²) in [5.41, 5.74) is 4.36. The molecule has 0 radical (unpaired) electrons. The Bertz CT molecular complexity index is 944. The van der Waals surface area contributed by atoms with Gasteiger partial charge >= 0.3 is 0 Å². The van der Waals surface area contributed by atoms with E-state index >= 15 is 0 Å². The van der Waals surface area contributed by atoms with Gasteiger partial charge in [-0.05, 0) is 36.8 Å². The number of rotatable bonds is 3. The zero-order chi connectivity index (χ0) is 17.4. The van der Waals surface area contributed by atoms with E-state index in [2.05, 4.69) is 10.1 Å². The normalized spacial score (nSPS) is 14.5. The molecule has 3 aromatic rings. The fraction of sp³-hybridized carbons (Fsp3) is 0.105. The predicted molar refractivity (Wildman–Crippen MR) is 98.1 cm³/mol. The van der Waals surface area contributed by atoms with Crippen LogP contribution in [-0.4, -0.2) is 27.2 Å². The van der Waals surface area contributed by atoms with Gasteiger partial charge in [-0.3, -0.25) is 4.79 Å². The van der Waals surface area contributed by atoms with Crippen LogP contribution in [-0.2, 0) is 4.79 Å². The molecule has 0 unspecified atom stereocenters. The van der Waals surface area contributed by atoms with E-state index in [9.17, 15) is 4.79 Å². The van der Waals surface area contributed by atoms with Crippen molar-refractivity contribution in [3.05, 3.63) is 77.3 Å². The second-order valence-electron chi connectivity index (χ2n) is 5.90. The first-order valence-electron chi connectivity index (χ1n) is 7.86. The topological polar surface area (TPSA) is 51.0 Å². The Hall–Kier alpha value is -2.92. The van der Waals surface area contributed by atoms with Gasteiger partial charge in [-0.15, -0.1) is 0 Å². The largest absolute Gasteiger partial charge is 0.302 e. The molecule has 0 aliphatic carbocycles. The predicted octanol–water partition coefficient (Wildman–Crippen LogP) is 3.66. The minimum Gasteiger partial charge on any atom is -0.302 e. The van der Waals surface area contributed by atoms with E-state index in [1.54, 1.807) is 11.2 Å². The van der Waals surface area contributed by atoms with Gasteiger partial charge in [0.25, 0.3) is 5.91 Å². The van der Waals surface area contributed by atoms with Crippen molar-refractivity contribution in [2.45, 2.75) is 6.92 Å². The molecule has 4 rings (SSSR count). The molecule has 1 amide bonds. The molecule has 6 heteroatoms. The summed E-state index contributed by atoms with van der Waals surface area (Å²) >= 11 is 6.00. The van der Waals surface area contributed by atoms with Crippen LogP contribution < -0.4 is 4.90 Å². The Morgan fingerprint density at radius 1 is 1.04 bits per heavy atom. The van der Waals surface area contributed by atoms with Gasteiger partial charge in [0.1, 0.15) is 18.4 Å². The molecule has 0 spiro atoms. The van der Waals surface area contributed by atoms with E-state index in [4.69, 9.17) is 11.6 Å². The van der Waals surface area contributed by atoms with Crippen molar-refractivity contribution in [1.29, 1.82) is 0 Å². The van der Waals surface area contributed by atoms with Crippen molar-refractivity contribution < 1.29 is 4.79 Å². The summed E-state index contributed by atoms with van der Waals surface area (Å²) in [5.74, 6) is -0.0979. The van der Waals surface area contributed by atoms with Crippen molar-refractivity contribution >= 4 is 34.5 Å². The van der Waals surface area contributed by atoms with Crippen LogP contribution in [0.4, 0.5) is 5.69 Å². The van der Waals surface area contributed by atoms with Gasteiger partial charge in [0, 0.05) is 16.3 Å². The summed E-state index contributed by atoms with van der Waals surface area (Å²) in [6.45, 7) is 2.49. The molecule has 25 heavy (non-hydrogen) atoms. The number of hydrogen-bond donors (Lipinski definition) is 0. The highest BCUT2D eigenvalue weighted by Gasteiger charge is 2.33. The number of aromatic nitrogens is 3. The minimum absolute atomic E-state index is 0.0979. The Morgan fingerprint density at radius 2 is 1.76 bits per heavy atom. The summed E-state index contributed by atoms with van der Waals surface area (Å²) in [4.78, 5) is 18.8. The van der Waals surface area contributed by atoms with E-state index in [0.29, 0.717) is 17.3 Å². The van der Waals surface area contributed by atoms with Crippen LogP contribution in [0.15, 0.2) is 61.2 Å². The van der Waals surface area contributed by atoms with E-state index in [0.717, 1.165) is 22.4 Å². The summed E-state index contributed by atoms with van der Waals surface area (Å²) in [6.07, 6.45) is 2.97. The number of hydrogen-bond acceptors (Lipinski definition) is 3. The number of anilines is 1. The Labute approximate surface area is 150 Å². The summed E-state index contributed by atoms with van der Waals surface area (Å²) in [6, 6.07) is 15.4. The first kappa shape index (κ1) is 15.6. The molecule has 0 atom stereocenters. The van der Waals surface area contributed by atoms with Gasteiger partial charge in [0.2, 0.25) is 0 Å². The lowest BCUT2D eigenvalue weighted by Crippen LogP contribution is -2.27. The average molecular weight is 351 g/mol. The van der Waals surface area contributed by atoms with Gasteiger partial charge in [-0.1, -0.05) is 41.4 Å². The third-order valence-corrected chi connectivity index (χ3v) is 4.49. The smallest absolute Gasteiger partial charge is 0.277 e. The Kier molecular flexibility index (Phi) is 3.86. The third kappa shape index (κ3) is 2.83. The molecule has 124 valence electrons. The number of carbonyl (C=O) groups excluding carboxylic acids is 1. The van der Waals surface area contributed by atoms with Gasteiger partial charge in [-0.2, -0.15) is 5.10 Å². The molecule has 1 aliphatic rings. The van der Waals surface area contributed by atoms with Crippen molar-refractivity contribution in [3.63, 3.8) is 0 Å². The van der Waals surface area contributed by atoms with Crippen molar-refractivity contribution in [1.82, 2.24) is 14.8 Å². The van der Waals surface area contributed by atoms with Crippen LogP contribution in [0.5, 0.6) is 0 Å². The highest BCUT2D eigenvalue weighted by Crippen LogP contribution is 2.34. The van der Waals surface area contributed by atoms with Gasteiger partial charge in [-0.25, -0.2) is 9.67 Å². The molecular formula is C19H15ClN4O. The lowest BCUT2D eigenvalue weighted by molar-refractivity contribution is -0.113. The van der Waals surface area contributed by atoms with E-state index < -0.39 is 0 Å². The lowest BCUT2D eigenvalue weighted by atomic mass is 10.1. The maximum Gasteiger partial charge on any atom is 0.277 e. The maximum absolute atomic E-state index is 13.1. The van der Waals surface area contributed by atoms with Crippen LogP contribution in [0.1, 0.15) is 11.1 Å². The van der Waals surface area contributed by atoms with Crippen molar-refractivity contribution in [3.8, 4) is 0 Å². The summed E-state index contributed by atoms with van der Waals surface area (Å²) < 4.78 is 1.53. The number of benzene rings is 2. The second-order valence-corrected chi connectivity index (χ2v) is 6.34. The zero-order valence-electron chi connectivity index (χ0n) is 13.6. The number of amides is 1. The fourth-order valence-electron chi connectivity index (χ4n) is 2.93. The molecule has 1 aliphatic heterocycles. The number of carbonyl (C=O) groups is 1. The van der Waals surface area contributed by atoms with Crippen LogP contribution in [0.25, 0.3) is 11.3 Å². The first-order valence-corrected chi connectivity index (χ1v) is 8.24. The molecule has 0 fully saturated rings. The monoisotopic (exact) mass is 350 g/mol. The SMILES string of the molecule is Cc1ccc(N2CC(c3ccc(Cl)cc3)=C(n3cncn3)C2=O)cc1. The van der Waals surface area contributed by atoms with Gasteiger partial charge in [0.15, 0.2) is 0 Å². The third-order valence-electron chi connectivity index (χ3n) is 4.24. The molecule has 0 saturated heterocycles. The lowest BCUT2D eigenvalue weighted by Gasteiger charge is -2.17. The zero-order valence-corrected chi connectivity index (χ0v) is 14.3.